The van der Waals surface area contributed by atoms with Gasteiger partial charge >= 0.3 is 0 Å². The third-order valence-electron chi connectivity index (χ3n) is 4.11. The molecule has 0 spiro atoms. The van der Waals surface area contributed by atoms with Crippen LogP contribution < -0.4 is 10.6 Å². The molecule has 1 aromatic heterocycles. The highest BCUT2D eigenvalue weighted by atomic mass is 127. The van der Waals surface area contributed by atoms with Gasteiger partial charge in [-0.1, -0.05) is 12.8 Å². The second kappa shape index (κ2) is 9.78. The SMILES string of the molecule is CCNC(=NCC1(O)CCCC1)NCCc1nc(C)c(C)s1.I. The second-order valence-electron chi connectivity index (χ2n) is 6.05. The lowest BCUT2D eigenvalue weighted by molar-refractivity contribution is 0.0574. The number of rotatable bonds is 6. The number of thiazole rings is 1. The van der Waals surface area contributed by atoms with Crippen LogP contribution in [0.4, 0.5) is 0 Å². The molecule has 1 aliphatic rings. The van der Waals surface area contributed by atoms with Gasteiger partial charge in [0.15, 0.2) is 5.96 Å². The highest BCUT2D eigenvalue weighted by molar-refractivity contribution is 14.0. The van der Waals surface area contributed by atoms with Crippen molar-refractivity contribution in [2.75, 3.05) is 19.6 Å². The largest absolute Gasteiger partial charge is 0.388 e. The molecule has 3 N–H and O–H groups in total. The summed E-state index contributed by atoms with van der Waals surface area (Å²) in [4.78, 5) is 10.4. The molecule has 0 aromatic carbocycles. The van der Waals surface area contributed by atoms with Gasteiger partial charge in [0.25, 0.3) is 0 Å². The van der Waals surface area contributed by atoms with E-state index in [2.05, 4.69) is 41.4 Å². The number of aryl methyl sites for hydroxylation is 2. The molecule has 0 unspecified atom stereocenters. The van der Waals surface area contributed by atoms with Crippen molar-refractivity contribution in [2.24, 2.45) is 4.99 Å². The molecule has 0 atom stereocenters. The molecule has 0 bridgehead atoms. The number of guanidine groups is 1. The number of aliphatic hydroxyl groups is 1. The lowest BCUT2D eigenvalue weighted by atomic mass is 10.0. The summed E-state index contributed by atoms with van der Waals surface area (Å²) in [5.41, 5.74) is 0.537. The lowest BCUT2D eigenvalue weighted by Crippen LogP contribution is -2.40. The molecule has 1 aliphatic carbocycles. The second-order valence-corrected chi connectivity index (χ2v) is 7.34. The number of hydrogen-bond acceptors (Lipinski definition) is 4. The molecule has 132 valence electrons. The van der Waals surface area contributed by atoms with Crippen LogP contribution in [0.5, 0.6) is 0 Å². The van der Waals surface area contributed by atoms with Gasteiger partial charge in [0.2, 0.25) is 0 Å². The van der Waals surface area contributed by atoms with E-state index < -0.39 is 5.60 Å². The molecule has 2 rings (SSSR count). The number of halogens is 1. The average molecular weight is 452 g/mol. The Labute approximate surface area is 160 Å². The summed E-state index contributed by atoms with van der Waals surface area (Å²) in [6, 6.07) is 0. The summed E-state index contributed by atoms with van der Waals surface area (Å²) in [5.74, 6) is 0.785. The highest BCUT2D eigenvalue weighted by Gasteiger charge is 2.30. The normalized spacial score (nSPS) is 17.0. The molecule has 1 fully saturated rings. The molecule has 0 aliphatic heterocycles. The first-order valence-corrected chi connectivity index (χ1v) is 9.01. The van der Waals surface area contributed by atoms with E-state index in [1.165, 1.54) is 4.88 Å². The summed E-state index contributed by atoms with van der Waals surface area (Å²) in [7, 11) is 0. The first kappa shape index (κ1) is 20.6. The van der Waals surface area contributed by atoms with E-state index in [9.17, 15) is 5.11 Å². The Bertz CT molecular complexity index is 493. The van der Waals surface area contributed by atoms with Crippen molar-refractivity contribution >= 4 is 41.3 Å². The molecule has 7 heteroatoms. The molecule has 0 amide bonds. The van der Waals surface area contributed by atoms with Crippen molar-refractivity contribution in [1.82, 2.24) is 15.6 Å². The molecule has 5 nitrogen and oxygen atoms in total. The summed E-state index contributed by atoms with van der Waals surface area (Å²) < 4.78 is 0. The minimum Gasteiger partial charge on any atom is -0.388 e. The van der Waals surface area contributed by atoms with Gasteiger partial charge < -0.3 is 15.7 Å². The van der Waals surface area contributed by atoms with Crippen LogP contribution in [0.1, 0.15) is 48.2 Å². The van der Waals surface area contributed by atoms with Gasteiger partial charge in [-0.2, -0.15) is 0 Å². The zero-order chi connectivity index (χ0) is 16.0. The smallest absolute Gasteiger partial charge is 0.191 e. The first-order chi connectivity index (χ1) is 10.5. The minimum atomic E-state index is -0.591. The van der Waals surface area contributed by atoms with Gasteiger partial charge in [-0.05, 0) is 33.6 Å². The van der Waals surface area contributed by atoms with Gasteiger partial charge in [0.1, 0.15) is 0 Å². The van der Waals surface area contributed by atoms with Crippen molar-refractivity contribution in [3.05, 3.63) is 15.6 Å². The van der Waals surface area contributed by atoms with E-state index in [4.69, 9.17) is 0 Å². The maximum atomic E-state index is 10.4. The molecule has 0 radical (unpaired) electrons. The third-order valence-corrected chi connectivity index (χ3v) is 5.25. The fourth-order valence-corrected chi connectivity index (χ4v) is 3.63. The molecular formula is C16H29IN4OS. The van der Waals surface area contributed by atoms with E-state index >= 15 is 0 Å². The summed E-state index contributed by atoms with van der Waals surface area (Å²) in [6.07, 6.45) is 4.85. The van der Waals surface area contributed by atoms with E-state index in [1.807, 2.05) is 0 Å². The third kappa shape index (κ3) is 6.54. The van der Waals surface area contributed by atoms with Crippen LogP contribution in [0.2, 0.25) is 0 Å². The van der Waals surface area contributed by atoms with Crippen molar-refractivity contribution in [2.45, 2.75) is 58.5 Å². The van der Waals surface area contributed by atoms with Gasteiger partial charge in [-0.3, -0.25) is 4.99 Å². The molecular weight excluding hydrogens is 423 g/mol. The quantitative estimate of drug-likeness (QED) is 0.353. The van der Waals surface area contributed by atoms with Crippen LogP contribution in [0.15, 0.2) is 4.99 Å². The van der Waals surface area contributed by atoms with Crippen LogP contribution in [0.3, 0.4) is 0 Å². The maximum Gasteiger partial charge on any atom is 0.191 e. The Balaban J connectivity index is 0.00000264. The van der Waals surface area contributed by atoms with Crippen molar-refractivity contribution < 1.29 is 5.11 Å². The van der Waals surface area contributed by atoms with E-state index in [0.717, 1.165) is 61.9 Å². The first-order valence-electron chi connectivity index (χ1n) is 8.20. The Morgan fingerprint density at radius 2 is 2.00 bits per heavy atom. The van der Waals surface area contributed by atoms with Crippen LogP contribution in [-0.2, 0) is 6.42 Å². The Morgan fingerprint density at radius 1 is 1.30 bits per heavy atom. The topological polar surface area (TPSA) is 69.5 Å². The van der Waals surface area contributed by atoms with Crippen molar-refractivity contribution in [3.63, 3.8) is 0 Å². The van der Waals surface area contributed by atoms with E-state index in [0.29, 0.717) is 6.54 Å². The summed E-state index contributed by atoms with van der Waals surface area (Å²) in [5, 5.41) is 18.1. The fraction of sp³-hybridized carbons (Fsp3) is 0.750. The lowest BCUT2D eigenvalue weighted by Gasteiger charge is -2.20. The predicted octanol–water partition coefficient (Wildman–Crippen LogP) is 2.78. The number of aliphatic imine (C=N–C) groups is 1. The Morgan fingerprint density at radius 3 is 2.57 bits per heavy atom. The maximum absolute atomic E-state index is 10.4. The Hall–Kier alpha value is -0.410. The van der Waals surface area contributed by atoms with Gasteiger partial charge in [-0.15, -0.1) is 35.3 Å². The van der Waals surface area contributed by atoms with E-state index in [1.54, 1.807) is 11.3 Å². The van der Waals surface area contributed by atoms with Gasteiger partial charge in [-0.25, -0.2) is 4.98 Å². The van der Waals surface area contributed by atoms with Gasteiger partial charge in [0.05, 0.1) is 22.8 Å². The minimum absolute atomic E-state index is 0. The number of hydrogen-bond donors (Lipinski definition) is 3. The molecule has 0 saturated heterocycles. The van der Waals surface area contributed by atoms with Crippen molar-refractivity contribution in [3.8, 4) is 0 Å². The van der Waals surface area contributed by atoms with Crippen LogP contribution in [-0.4, -0.2) is 41.3 Å². The predicted molar refractivity (Wildman–Crippen MR) is 108 cm³/mol. The molecule has 1 saturated carbocycles. The highest BCUT2D eigenvalue weighted by Crippen LogP contribution is 2.29. The zero-order valence-corrected chi connectivity index (χ0v) is 17.5. The van der Waals surface area contributed by atoms with Gasteiger partial charge in [0, 0.05) is 24.4 Å². The number of nitrogens with one attached hydrogen (secondary N) is 2. The molecule has 1 heterocycles. The number of aromatic nitrogens is 1. The average Bonchev–Trinajstić information content (AvgIpc) is 3.04. The van der Waals surface area contributed by atoms with E-state index in [-0.39, 0.29) is 24.0 Å². The monoisotopic (exact) mass is 452 g/mol. The van der Waals surface area contributed by atoms with Crippen LogP contribution in [0.25, 0.3) is 0 Å². The molecule has 1 aromatic rings. The zero-order valence-electron chi connectivity index (χ0n) is 14.3. The standard InChI is InChI=1S/C16H28N4OS.HI/c1-4-17-15(19-11-16(21)8-5-6-9-16)18-10-7-14-20-12(2)13(3)22-14;/h21H,4-11H2,1-3H3,(H2,17,18,19);1H. The molecule has 23 heavy (non-hydrogen) atoms. The number of nitrogens with zero attached hydrogens (tertiary/aromatic N) is 2. The fourth-order valence-electron chi connectivity index (χ4n) is 2.69. The van der Waals surface area contributed by atoms with Crippen molar-refractivity contribution in [1.29, 1.82) is 0 Å². The van der Waals surface area contributed by atoms with Crippen LogP contribution >= 0.6 is 35.3 Å². The summed E-state index contributed by atoms with van der Waals surface area (Å²) >= 11 is 1.76. The summed E-state index contributed by atoms with van der Waals surface area (Å²) in [6.45, 7) is 8.32. The van der Waals surface area contributed by atoms with Crippen LogP contribution in [0, 0.1) is 13.8 Å². The Kier molecular flexibility index (Phi) is 8.78.